The van der Waals surface area contributed by atoms with Crippen LogP contribution in [0.1, 0.15) is 70.6 Å². The summed E-state index contributed by atoms with van der Waals surface area (Å²) in [6.07, 6.45) is 8.02. The Morgan fingerprint density at radius 1 is 1.17 bits per heavy atom. The number of aromatic nitrogens is 2. The summed E-state index contributed by atoms with van der Waals surface area (Å²) in [4.78, 5) is 25.1. The van der Waals surface area contributed by atoms with Crippen LogP contribution in [0.5, 0.6) is 0 Å². The summed E-state index contributed by atoms with van der Waals surface area (Å²) in [7, 11) is 0. The minimum atomic E-state index is -0.0694. The standard InChI is InChI=1S/C23H30N4O2/c1-15(2)26-23(29)20-14-25-27-10-9-16(11-21(20)27)13-24-22(28)19-8-7-17-5-3-4-6-18(17)12-19/h7-8,12,14-16H,3-6,9-11,13H2,1-2H3,(H,24,28)(H,26,29). The molecule has 1 unspecified atom stereocenters. The van der Waals surface area contributed by atoms with Crippen LogP contribution in [0.2, 0.25) is 0 Å². The quantitative estimate of drug-likeness (QED) is 0.819. The van der Waals surface area contributed by atoms with Crippen LogP contribution in [0, 0.1) is 5.92 Å². The predicted octanol–water partition coefficient (Wildman–Crippen LogP) is 2.89. The number of benzene rings is 1. The lowest BCUT2D eigenvalue weighted by Gasteiger charge is -2.24. The summed E-state index contributed by atoms with van der Waals surface area (Å²) in [5, 5.41) is 10.4. The second kappa shape index (κ2) is 8.39. The van der Waals surface area contributed by atoms with Crippen LogP contribution in [0.25, 0.3) is 0 Å². The lowest BCUT2D eigenvalue weighted by atomic mass is 9.90. The van der Waals surface area contributed by atoms with Crippen molar-refractivity contribution in [1.29, 1.82) is 0 Å². The van der Waals surface area contributed by atoms with Crippen molar-refractivity contribution in [3.63, 3.8) is 0 Å². The first-order valence-electron chi connectivity index (χ1n) is 10.8. The molecule has 154 valence electrons. The van der Waals surface area contributed by atoms with Crippen LogP contribution >= 0.6 is 0 Å². The molecule has 1 aromatic heterocycles. The van der Waals surface area contributed by atoms with Crippen LogP contribution in [0.15, 0.2) is 24.4 Å². The highest BCUT2D eigenvalue weighted by atomic mass is 16.2. The second-order valence-electron chi connectivity index (χ2n) is 8.62. The predicted molar refractivity (Wildman–Crippen MR) is 112 cm³/mol. The molecule has 0 radical (unpaired) electrons. The van der Waals surface area contributed by atoms with Crippen molar-refractivity contribution in [1.82, 2.24) is 20.4 Å². The van der Waals surface area contributed by atoms with Gasteiger partial charge in [-0.05, 0) is 81.5 Å². The first-order chi connectivity index (χ1) is 14.0. The highest BCUT2D eigenvalue weighted by Crippen LogP contribution is 2.24. The van der Waals surface area contributed by atoms with Crippen molar-refractivity contribution < 1.29 is 9.59 Å². The molecule has 0 bridgehead atoms. The molecule has 2 N–H and O–H groups in total. The SMILES string of the molecule is CC(C)NC(=O)c1cnn2c1CC(CNC(=O)c1ccc3c(c1)CCCC3)CC2. The Bertz CT molecular complexity index is 916. The molecule has 1 aromatic carbocycles. The fourth-order valence-electron chi connectivity index (χ4n) is 4.42. The normalized spacial score (nSPS) is 18.1. The Balaban J connectivity index is 1.38. The summed E-state index contributed by atoms with van der Waals surface area (Å²) >= 11 is 0. The highest BCUT2D eigenvalue weighted by molar-refractivity contribution is 5.95. The van der Waals surface area contributed by atoms with E-state index in [9.17, 15) is 9.59 Å². The van der Waals surface area contributed by atoms with Gasteiger partial charge in [0.05, 0.1) is 17.5 Å². The van der Waals surface area contributed by atoms with E-state index in [1.54, 1.807) is 6.20 Å². The van der Waals surface area contributed by atoms with E-state index in [1.807, 2.05) is 24.6 Å². The van der Waals surface area contributed by atoms with E-state index in [0.29, 0.717) is 18.0 Å². The van der Waals surface area contributed by atoms with Crippen molar-refractivity contribution in [2.45, 2.75) is 65.0 Å². The first kappa shape index (κ1) is 19.7. The van der Waals surface area contributed by atoms with E-state index in [1.165, 1.54) is 24.0 Å². The third-order valence-electron chi connectivity index (χ3n) is 6.01. The van der Waals surface area contributed by atoms with Gasteiger partial charge in [-0.25, -0.2) is 0 Å². The fourth-order valence-corrected chi connectivity index (χ4v) is 4.42. The largest absolute Gasteiger partial charge is 0.352 e. The number of hydrogen-bond donors (Lipinski definition) is 2. The van der Waals surface area contributed by atoms with Gasteiger partial charge in [0.1, 0.15) is 0 Å². The lowest BCUT2D eigenvalue weighted by Crippen LogP contribution is -2.35. The Hall–Kier alpha value is -2.63. The number of hydrogen-bond acceptors (Lipinski definition) is 3. The molecule has 1 aliphatic heterocycles. The van der Waals surface area contributed by atoms with Gasteiger partial charge in [-0.2, -0.15) is 5.10 Å². The van der Waals surface area contributed by atoms with Gasteiger partial charge in [0.2, 0.25) is 0 Å². The highest BCUT2D eigenvalue weighted by Gasteiger charge is 2.26. The number of carbonyl (C=O) groups excluding carboxylic acids is 2. The number of carbonyl (C=O) groups is 2. The monoisotopic (exact) mass is 394 g/mol. The molecule has 0 saturated carbocycles. The van der Waals surface area contributed by atoms with Gasteiger partial charge in [0.15, 0.2) is 0 Å². The number of amides is 2. The van der Waals surface area contributed by atoms with E-state index in [-0.39, 0.29) is 17.9 Å². The Morgan fingerprint density at radius 2 is 1.97 bits per heavy atom. The zero-order valence-electron chi connectivity index (χ0n) is 17.3. The zero-order valence-corrected chi connectivity index (χ0v) is 17.3. The van der Waals surface area contributed by atoms with Gasteiger partial charge in [0, 0.05) is 24.7 Å². The molecule has 0 fully saturated rings. The van der Waals surface area contributed by atoms with Gasteiger partial charge in [-0.15, -0.1) is 0 Å². The third kappa shape index (κ3) is 4.36. The van der Waals surface area contributed by atoms with Gasteiger partial charge in [0.25, 0.3) is 11.8 Å². The number of nitrogens with one attached hydrogen (secondary N) is 2. The summed E-state index contributed by atoms with van der Waals surface area (Å²) in [6.45, 7) is 5.30. The molecule has 4 rings (SSSR count). The average Bonchev–Trinajstić information content (AvgIpc) is 3.14. The van der Waals surface area contributed by atoms with Gasteiger partial charge in [-0.1, -0.05) is 6.07 Å². The zero-order chi connectivity index (χ0) is 20.4. The molecule has 2 heterocycles. The second-order valence-corrected chi connectivity index (χ2v) is 8.62. The number of rotatable bonds is 5. The smallest absolute Gasteiger partial charge is 0.254 e. The molecular weight excluding hydrogens is 364 g/mol. The summed E-state index contributed by atoms with van der Waals surface area (Å²) < 4.78 is 1.93. The molecule has 6 nitrogen and oxygen atoms in total. The van der Waals surface area contributed by atoms with Crippen molar-refractivity contribution in [3.05, 3.63) is 52.3 Å². The van der Waals surface area contributed by atoms with Gasteiger partial charge < -0.3 is 10.6 Å². The number of nitrogens with zero attached hydrogens (tertiary/aromatic N) is 2. The number of fused-ring (bicyclic) bond motifs is 2. The molecule has 29 heavy (non-hydrogen) atoms. The van der Waals surface area contributed by atoms with Gasteiger partial charge >= 0.3 is 0 Å². The fraction of sp³-hybridized carbons (Fsp3) is 0.522. The first-order valence-corrected chi connectivity index (χ1v) is 10.8. The van der Waals surface area contributed by atoms with E-state index in [4.69, 9.17) is 0 Å². The molecule has 2 amide bonds. The van der Waals surface area contributed by atoms with E-state index < -0.39 is 0 Å². The van der Waals surface area contributed by atoms with Gasteiger partial charge in [-0.3, -0.25) is 14.3 Å². The molecule has 2 aromatic rings. The Labute approximate surface area is 172 Å². The van der Waals surface area contributed by atoms with Crippen molar-refractivity contribution in [2.24, 2.45) is 5.92 Å². The molecular formula is C23H30N4O2. The Morgan fingerprint density at radius 3 is 2.76 bits per heavy atom. The third-order valence-corrected chi connectivity index (χ3v) is 6.01. The summed E-state index contributed by atoms with van der Waals surface area (Å²) in [5.41, 5.74) is 5.10. The van der Waals surface area contributed by atoms with Crippen LogP contribution in [-0.4, -0.2) is 34.2 Å². The van der Waals surface area contributed by atoms with Crippen molar-refractivity contribution in [3.8, 4) is 0 Å². The summed E-state index contributed by atoms with van der Waals surface area (Å²) in [5.74, 6) is 0.238. The van der Waals surface area contributed by atoms with E-state index in [0.717, 1.165) is 43.5 Å². The Kier molecular flexibility index (Phi) is 5.69. The topological polar surface area (TPSA) is 76.0 Å². The molecule has 1 atom stereocenters. The molecule has 0 saturated heterocycles. The molecule has 0 spiro atoms. The minimum Gasteiger partial charge on any atom is -0.352 e. The van der Waals surface area contributed by atoms with Crippen molar-refractivity contribution in [2.75, 3.05) is 6.54 Å². The molecule has 2 aliphatic rings. The van der Waals surface area contributed by atoms with E-state index in [2.05, 4.69) is 27.9 Å². The average molecular weight is 395 g/mol. The van der Waals surface area contributed by atoms with Crippen LogP contribution in [0.4, 0.5) is 0 Å². The van der Waals surface area contributed by atoms with Crippen LogP contribution in [0.3, 0.4) is 0 Å². The maximum atomic E-state index is 12.7. The maximum Gasteiger partial charge on any atom is 0.254 e. The molecule has 6 heteroatoms. The van der Waals surface area contributed by atoms with Crippen molar-refractivity contribution >= 4 is 11.8 Å². The van der Waals surface area contributed by atoms with Crippen LogP contribution in [-0.2, 0) is 25.8 Å². The number of aryl methyl sites for hydroxylation is 3. The molecule has 1 aliphatic carbocycles. The lowest BCUT2D eigenvalue weighted by molar-refractivity contribution is 0.0930. The summed E-state index contributed by atoms with van der Waals surface area (Å²) in [6, 6.07) is 6.22. The van der Waals surface area contributed by atoms with E-state index >= 15 is 0 Å². The minimum absolute atomic E-state index is 0.00442. The maximum absolute atomic E-state index is 12.7. The van der Waals surface area contributed by atoms with Crippen LogP contribution < -0.4 is 10.6 Å².